The number of aromatic nitrogens is 4. The minimum absolute atomic E-state index is 0.198. The highest BCUT2D eigenvalue weighted by Crippen LogP contribution is 2.44. The first-order valence-electron chi connectivity index (χ1n) is 17.0. The summed E-state index contributed by atoms with van der Waals surface area (Å²) >= 11 is 0. The number of nitrogens with zero attached hydrogens (tertiary/aromatic N) is 1. The van der Waals surface area contributed by atoms with E-state index in [9.17, 15) is 65.5 Å². The quantitative estimate of drug-likeness (QED) is 0.0495. The highest BCUT2D eigenvalue weighted by atomic mass is 32.2. The van der Waals surface area contributed by atoms with Crippen LogP contribution in [-0.4, -0.2) is 45.9 Å². The maximum atomic E-state index is 15.8. The molecule has 8 rings (SSSR count). The molecule has 10 nitrogen and oxygen atoms in total. The lowest BCUT2D eigenvalue weighted by molar-refractivity contribution is 0.381. The minimum atomic E-state index is -5.89. The van der Waals surface area contributed by atoms with Gasteiger partial charge >= 0.3 is 0 Å². The molecule has 3 aromatic carbocycles. The Hall–Kier alpha value is -6.58. The van der Waals surface area contributed by atoms with E-state index in [1.807, 2.05) is 0 Å². The standard InChI is InChI=1S/C37H13F15N4O6S2/c38-21-18(22(39)28(45)33(50)27(21)44)15-7-1-2-9(53-7)16(19-23(40)29(46)34(51)30(47)24(19)41)11-5-13(63(57,58)59)36(55-11)12-6-14(64(60,61)62)37(56-12)17(10-4-3-8(15)54-10)20-25(42)31(48)35(52)32(49)26(20)43/h1-2,5-6,54-56H,3-4H2,(H,57,58,59)(H,60,61,62). The van der Waals surface area contributed by atoms with Crippen LogP contribution in [0, 0.1) is 87.3 Å². The van der Waals surface area contributed by atoms with E-state index in [1.165, 1.54) is 0 Å². The second-order valence-electron chi connectivity index (χ2n) is 13.6. The number of nitrogens with one attached hydrogen (secondary N) is 3. The Morgan fingerprint density at radius 2 is 0.703 bits per heavy atom. The summed E-state index contributed by atoms with van der Waals surface area (Å²) in [6, 6.07) is 0.403. The zero-order valence-corrected chi connectivity index (χ0v) is 31.8. The number of aryl methyl sites for hydroxylation is 2. The third-order valence-corrected chi connectivity index (χ3v) is 11.7. The highest BCUT2D eigenvalue weighted by molar-refractivity contribution is 7.86. The molecule has 2 aliphatic rings. The normalized spacial score (nSPS) is 13.1. The molecule has 0 atom stereocenters. The van der Waals surface area contributed by atoms with Crippen molar-refractivity contribution < 1.29 is 91.8 Å². The van der Waals surface area contributed by atoms with E-state index in [1.54, 1.807) is 0 Å². The van der Waals surface area contributed by atoms with Crippen molar-refractivity contribution in [1.29, 1.82) is 0 Å². The van der Waals surface area contributed by atoms with Crippen LogP contribution in [0.15, 0.2) is 21.9 Å². The Labute approximate surface area is 343 Å². The number of rotatable bonds is 5. The van der Waals surface area contributed by atoms with Crippen molar-refractivity contribution in [2.75, 3.05) is 0 Å². The van der Waals surface area contributed by atoms with Gasteiger partial charge in [0.1, 0.15) is 9.79 Å². The van der Waals surface area contributed by atoms with Crippen LogP contribution in [0.2, 0.25) is 0 Å². The zero-order chi connectivity index (χ0) is 47.0. The number of H-pyrrole nitrogens is 3. The number of halogens is 15. The molecule has 0 saturated carbocycles. The monoisotopic (exact) mass is 958 g/mol. The molecule has 2 aliphatic heterocycles. The Bertz CT molecular complexity index is 3500. The fourth-order valence-electron chi connectivity index (χ4n) is 7.24. The number of hydrogen-bond donors (Lipinski definition) is 5. The first kappa shape index (κ1) is 44.0. The van der Waals surface area contributed by atoms with Gasteiger partial charge in [0.2, 0.25) is 17.5 Å². The summed E-state index contributed by atoms with van der Waals surface area (Å²) in [5, 5.41) is 0. The molecule has 5 N–H and O–H groups in total. The van der Waals surface area contributed by atoms with Gasteiger partial charge in [-0.1, -0.05) is 0 Å². The number of hydrogen-bond acceptors (Lipinski definition) is 5. The van der Waals surface area contributed by atoms with Crippen LogP contribution in [0.4, 0.5) is 65.9 Å². The largest absolute Gasteiger partial charge is 0.361 e. The van der Waals surface area contributed by atoms with Gasteiger partial charge < -0.3 is 15.0 Å². The second-order valence-corrected chi connectivity index (χ2v) is 16.3. The molecule has 8 bridgehead atoms. The molecule has 27 heteroatoms. The predicted octanol–water partition coefficient (Wildman–Crippen LogP) is 9.78. The second kappa shape index (κ2) is 14.7. The summed E-state index contributed by atoms with van der Waals surface area (Å²) in [5.41, 5.74) is -18.8. The lowest BCUT2D eigenvalue weighted by atomic mass is 9.98. The lowest BCUT2D eigenvalue weighted by Crippen LogP contribution is -2.07. The van der Waals surface area contributed by atoms with E-state index in [0.29, 0.717) is 12.2 Å². The summed E-state index contributed by atoms with van der Waals surface area (Å²) in [6.45, 7) is 0. The Morgan fingerprint density at radius 1 is 0.391 bits per heavy atom. The lowest BCUT2D eigenvalue weighted by Gasteiger charge is -2.12. The van der Waals surface area contributed by atoms with Gasteiger partial charge in [0.15, 0.2) is 69.8 Å². The average molecular weight is 959 g/mol. The third kappa shape index (κ3) is 6.46. The Morgan fingerprint density at radius 3 is 1.12 bits per heavy atom. The maximum absolute atomic E-state index is 15.8. The van der Waals surface area contributed by atoms with Crippen LogP contribution < -0.4 is 0 Å². The maximum Gasteiger partial charge on any atom is 0.296 e. The minimum Gasteiger partial charge on any atom is -0.361 e. The van der Waals surface area contributed by atoms with E-state index >= 15 is 26.3 Å². The molecule has 334 valence electrons. The molecular formula is C37H13F15N4O6S2. The smallest absolute Gasteiger partial charge is 0.296 e. The van der Waals surface area contributed by atoms with E-state index in [0.717, 1.165) is 0 Å². The van der Waals surface area contributed by atoms with Crippen molar-refractivity contribution in [3.8, 4) is 33.4 Å². The zero-order valence-electron chi connectivity index (χ0n) is 30.2. The molecule has 0 fully saturated rings. The van der Waals surface area contributed by atoms with Crippen molar-refractivity contribution in [3.05, 3.63) is 122 Å². The Kier molecular flexibility index (Phi) is 10.1. The van der Waals surface area contributed by atoms with Gasteiger partial charge in [-0.05, 0) is 37.1 Å². The van der Waals surface area contributed by atoms with E-state index in [-0.39, 0.29) is 12.1 Å². The summed E-state index contributed by atoms with van der Waals surface area (Å²) in [4.78, 5) is 7.14. The van der Waals surface area contributed by atoms with E-state index in [2.05, 4.69) is 19.9 Å². The molecule has 0 spiro atoms. The molecular weight excluding hydrogens is 946 g/mol. The summed E-state index contributed by atoms with van der Waals surface area (Å²) in [6.07, 6.45) is -0.633. The molecule has 6 aromatic rings. The van der Waals surface area contributed by atoms with Gasteiger partial charge in [-0.25, -0.2) is 70.8 Å². The average Bonchev–Trinajstić information content (AvgIpc) is 4.07. The van der Waals surface area contributed by atoms with Crippen LogP contribution >= 0.6 is 0 Å². The van der Waals surface area contributed by atoms with Gasteiger partial charge in [-0.3, -0.25) is 9.11 Å². The molecule has 3 aromatic heterocycles. The summed E-state index contributed by atoms with van der Waals surface area (Å²) < 4.78 is 299. The number of aromatic amines is 3. The topological polar surface area (TPSA) is 169 Å². The molecule has 5 heterocycles. The highest BCUT2D eigenvalue weighted by Gasteiger charge is 2.36. The van der Waals surface area contributed by atoms with Crippen LogP contribution in [0.5, 0.6) is 0 Å². The number of fused-ring (bicyclic) bond motifs is 9. The van der Waals surface area contributed by atoms with Gasteiger partial charge in [0.05, 0.1) is 50.1 Å². The van der Waals surface area contributed by atoms with Crippen LogP contribution in [-0.2, 0) is 33.1 Å². The SMILES string of the molecule is O=S(=O)(O)c1cc2[nH]c1c(-c1c(F)c(F)c(F)c(F)c1F)c1[nH]c(c(-c3c(F)c(F)c(F)c(F)c3F)c3nc(c(-c4c(F)c(F)c(F)c(F)c4F)c4cc(S(=O)(=O)O)c2[nH]4)C=C3)CC1. The van der Waals surface area contributed by atoms with Gasteiger partial charge in [-0.2, -0.15) is 16.8 Å². The molecule has 0 aliphatic carbocycles. The van der Waals surface area contributed by atoms with Gasteiger partial charge in [0, 0.05) is 28.1 Å². The van der Waals surface area contributed by atoms with Gasteiger partial charge in [-0.15, -0.1) is 0 Å². The van der Waals surface area contributed by atoms with Crippen LogP contribution in [0.1, 0.15) is 22.8 Å². The molecule has 0 unspecified atom stereocenters. The molecule has 0 amide bonds. The van der Waals surface area contributed by atoms with E-state index < -0.39 is 208 Å². The van der Waals surface area contributed by atoms with Crippen LogP contribution in [0.3, 0.4) is 0 Å². The summed E-state index contributed by atoms with van der Waals surface area (Å²) in [5.74, 6) is -40.2. The fourth-order valence-corrected chi connectivity index (χ4v) is 8.60. The van der Waals surface area contributed by atoms with Crippen molar-refractivity contribution in [1.82, 2.24) is 19.9 Å². The Balaban J connectivity index is 1.77. The predicted molar refractivity (Wildman–Crippen MR) is 189 cm³/mol. The van der Waals surface area contributed by atoms with Crippen molar-refractivity contribution in [3.63, 3.8) is 0 Å². The molecule has 0 saturated heterocycles. The van der Waals surface area contributed by atoms with Crippen LogP contribution in [0.25, 0.3) is 67.6 Å². The van der Waals surface area contributed by atoms with Crippen molar-refractivity contribution in [2.45, 2.75) is 22.6 Å². The molecule has 0 radical (unpaired) electrons. The molecule has 64 heavy (non-hydrogen) atoms. The first-order valence-corrected chi connectivity index (χ1v) is 19.9. The first-order chi connectivity index (χ1) is 29.8. The third-order valence-electron chi connectivity index (χ3n) is 9.97. The fraction of sp³-hybridized carbons (Fsp3) is 0.0541. The van der Waals surface area contributed by atoms with Crippen molar-refractivity contribution in [2.24, 2.45) is 0 Å². The number of benzene rings is 3. The van der Waals surface area contributed by atoms with Gasteiger partial charge in [0.25, 0.3) is 20.2 Å². The van der Waals surface area contributed by atoms with Crippen molar-refractivity contribution >= 4 is 54.5 Å². The van der Waals surface area contributed by atoms with E-state index in [4.69, 9.17) is 0 Å². The summed E-state index contributed by atoms with van der Waals surface area (Å²) in [7, 11) is -11.7.